The van der Waals surface area contributed by atoms with Crippen LogP contribution in [0.3, 0.4) is 0 Å². The summed E-state index contributed by atoms with van der Waals surface area (Å²) in [6.45, 7) is 8.87. The Balaban J connectivity index is 2.89. The average molecular weight is 250 g/mol. The van der Waals surface area contributed by atoms with Gasteiger partial charge < -0.3 is 24.1 Å². The zero-order valence-electron chi connectivity index (χ0n) is 11.0. The summed E-state index contributed by atoms with van der Waals surface area (Å²) < 4.78 is 21.0. The van der Waals surface area contributed by atoms with E-state index in [1.807, 2.05) is 0 Å². The summed E-state index contributed by atoms with van der Waals surface area (Å²) in [6.07, 6.45) is 0. The van der Waals surface area contributed by atoms with Crippen LogP contribution in [0.1, 0.15) is 13.8 Å². The number of ether oxygens (including phenoxy) is 4. The van der Waals surface area contributed by atoms with Crippen molar-refractivity contribution < 1.29 is 24.1 Å². The van der Waals surface area contributed by atoms with Crippen molar-refractivity contribution in [2.24, 2.45) is 5.92 Å². The van der Waals surface area contributed by atoms with Crippen LogP contribution in [0.4, 0.5) is 0 Å². The minimum absolute atomic E-state index is 0.0550. The van der Waals surface area contributed by atoms with Crippen LogP contribution in [-0.4, -0.2) is 64.6 Å². The van der Waals surface area contributed by atoms with Crippen molar-refractivity contribution in [1.82, 2.24) is 0 Å². The van der Waals surface area contributed by atoms with E-state index < -0.39 is 0 Å². The van der Waals surface area contributed by atoms with Gasteiger partial charge in [-0.2, -0.15) is 0 Å². The predicted octanol–water partition coefficient (Wildman–Crippen LogP) is 0.701. The van der Waals surface area contributed by atoms with Gasteiger partial charge in [0.05, 0.1) is 52.9 Å². The predicted molar refractivity (Wildman–Crippen MR) is 65.2 cm³/mol. The molecule has 0 fully saturated rings. The minimum Gasteiger partial charge on any atom is -0.394 e. The highest BCUT2D eigenvalue weighted by Crippen LogP contribution is 1.91. The number of rotatable bonds is 13. The van der Waals surface area contributed by atoms with Crippen LogP contribution < -0.4 is 0 Å². The molecule has 0 radical (unpaired) electrons. The van der Waals surface area contributed by atoms with E-state index in [-0.39, 0.29) is 6.61 Å². The van der Waals surface area contributed by atoms with Gasteiger partial charge in [0.25, 0.3) is 0 Å². The average Bonchev–Trinajstić information content (AvgIpc) is 2.30. The fourth-order valence-corrected chi connectivity index (χ4v) is 1.04. The van der Waals surface area contributed by atoms with Crippen LogP contribution in [0.2, 0.25) is 0 Å². The van der Waals surface area contributed by atoms with Gasteiger partial charge in [-0.1, -0.05) is 13.8 Å². The summed E-state index contributed by atoms with van der Waals surface area (Å²) in [6, 6.07) is 0. The lowest BCUT2D eigenvalue weighted by molar-refractivity contribution is -0.00782. The third kappa shape index (κ3) is 15.8. The fraction of sp³-hybridized carbons (Fsp3) is 1.00. The number of hydrogen-bond donors (Lipinski definition) is 1. The lowest BCUT2D eigenvalue weighted by atomic mass is 10.2. The van der Waals surface area contributed by atoms with Crippen LogP contribution >= 0.6 is 0 Å². The van der Waals surface area contributed by atoms with Crippen LogP contribution in [0.5, 0.6) is 0 Å². The first-order valence-corrected chi connectivity index (χ1v) is 6.19. The van der Waals surface area contributed by atoms with Gasteiger partial charge in [0, 0.05) is 6.61 Å². The third-order valence-electron chi connectivity index (χ3n) is 1.80. The maximum atomic E-state index is 8.45. The van der Waals surface area contributed by atoms with E-state index in [1.165, 1.54) is 0 Å². The first kappa shape index (κ1) is 16.8. The number of aliphatic hydroxyl groups excluding tert-OH is 1. The van der Waals surface area contributed by atoms with Gasteiger partial charge >= 0.3 is 0 Å². The van der Waals surface area contributed by atoms with E-state index in [0.717, 1.165) is 6.61 Å². The molecule has 0 saturated heterocycles. The second-order valence-corrected chi connectivity index (χ2v) is 4.03. The van der Waals surface area contributed by atoms with Crippen molar-refractivity contribution in [2.45, 2.75) is 13.8 Å². The SMILES string of the molecule is CC(C)COCCOCCOCCOCCO. The van der Waals surface area contributed by atoms with Crippen molar-refractivity contribution in [3.63, 3.8) is 0 Å². The zero-order valence-corrected chi connectivity index (χ0v) is 11.0. The Kier molecular flexibility index (Phi) is 13.7. The maximum absolute atomic E-state index is 8.45. The molecule has 5 heteroatoms. The van der Waals surface area contributed by atoms with Crippen molar-refractivity contribution in [2.75, 3.05) is 59.5 Å². The van der Waals surface area contributed by atoms with Gasteiger partial charge in [-0.05, 0) is 5.92 Å². The van der Waals surface area contributed by atoms with Gasteiger partial charge in [0.2, 0.25) is 0 Å². The molecule has 0 atom stereocenters. The Morgan fingerprint density at radius 2 is 1.12 bits per heavy atom. The van der Waals surface area contributed by atoms with Crippen molar-refractivity contribution in [3.8, 4) is 0 Å². The first-order chi connectivity index (χ1) is 8.27. The smallest absolute Gasteiger partial charge is 0.0701 e. The molecule has 0 heterocycles. The zero-order chi connectivity index (χ0) is 12.8. The van der Waals surface area contributed by atoms with E-state index in [0.29, 0.717) is 52.2 Å². The second kappa shape index (κ2) is 13.9. The van der Waals surface area contributed by atoms with Crippen molar-refractivity contribution >= 4 is 0 Å². The molecule has 0 aromatic carbocycles. The highest BCUT2D eigenvalue weighted by Gasteiger charge is 1.94. The quantitative estimate of drug-likeness (QED) is 0.488. The third-order valence-corrected chi connectivity index (χ3v) is 1.80. The van der Waals surface area contributed by atoms with E-state index >= 15 is 0 Å². The summed E-state index contributed by atoms with van der Waals surface area (Å²) in [7, 11) is 0. The molecule has 104 valence electrons. The monoisotopic (exact) mass is 250 g/mol. The first-order valence-electron chi connectivity index (χ1n) is 6.19. The summed E-state index contributed by atoms with van der Waals surface area (Å²) in [5.41, 5.74) is 0. The summed E-state index contributed by atoms with van der Waals surface area (Å²) in [5.74, 6) is 0.567. The molecule has 0 aliphatic rings. The van der Waals surface area contributed by atoms with E-state index in [9.17, 15) is 0 Å². The lowest BCUT2D eigenvalue weighted by Gasteiger charge is -2.08. The molecule has 17 heavy (non-hydrogen) atoms. The van der Waals surface area contributed by atoms with Crippen molar-refractivity contribution in [3.05, 3.63) is 0 Å². The number of aliphatic hydroxyl groups is 1. The largest absolute Gasteiger partial charge is 0.394 e. The normalized spacial score (nSPS) is 11.3. The van der Waals surface area contributed by atoms with Crippen LogP contribution in [0.25, 0.3) is 0 Å². The maximum Gasteiger partial charge on any atom is 0.0701 e. The molecule has 0 aromatic heterocycles. The molecule has 0 spiro atoms. The van der Waals surface area contributed by atoms with Gasteiger partial charge in [-0.25, -0.2) is 0 Å². The van der Waals surface area contributed by atoms with E-state index in [2.05, 4.69) is 13.8 Å². The number of hydrogen-bond acceptors (Lipinski definition) is 5. The summed E-state index contributed by atoms with van der Waals surface area (Å²) in [4.78, 5) is 0. The molecule has 0 aliphatic carbocycles. The molecule has 0 bridgehead atoms. The van der Waals surface area contributed by atoms with Crippen molar-refractivity contribution in [1.29, 1.82) is 0 Å². The molecule has 0 amide bonds. The Morgan fingerprint density at radius 1 is 0.706 bits per heavy atom. The standard InChI is InChI=1S/C12H26O5/c1-12(2)11-17-10-9-16-8-7-15-6-5-14-4-3-13/h12-13H,3-11H2,1-2H3. The summed E-state index contributed by atoms with van der Waals surface area (Å²) in [5, 5.41) is 8.45. The molecule has 0 unspecified atom stereocenters. The van der Waals surface area contributed by atoms with E-state index in [1.54, 1.807) is 0 Å². The Hall–Kier alpha value is -0.200. The minimum atomic E-state index is 0.0550. The molecule has 1 N–H and O–H groups in total. The molecular formula is C12H26O5. The van der Waals surface area contributed by atoms with E-state index in [4.69, 9.17) is 24.1 Å². The highest BCUT2D eigenvalue weighted by molar-refractivity contribution is 4.39. The molecule has 5 nitrogen and oxygen atoms in total. The molecule has 0 saturated carbocycles. The van der Waals surface area contributed by atoms with Crippen LogP contribution in [0, 0.1) is 5.92 Å². The molecular weight excluding hydrogens is 224 g/mol. The van der Waals surface area contributed by atoms with Gasteiger partial charge in [-0.3, -0.25) is 0 Å². The highest BCUT2D eigenvalue weighted by atomic mass is 16.6. The lowest BCUT2D eigenvalue weighted by Crippen LogP contribution is -2.13. The van der Waals surface area contributed by atoms with Gasteiger partial charge in [0.15, 0.2) is 0 Å². The Bertz CT molecular complexity index is 141. The summed E-state index contributed by atoms with van der Waals surface area (Å²) >= 11 is 0. The van der Waals surface area contributed by atoms with Gasteiger partial charge in [0.1, 0.15) is 0 Å². The molecule has 0 aromatic rings. The van der Waals surface area contributed by atoms with Gasteiger partial charge in [-0.15, -0.1) is 0 Å². The Morgan fingerprint density at radius 3 is 1.53 bits per heavy atom. The molecule has 0 rings (SSSR count). The fourth-order valence-electron chi connectivity index (χ4n) is 1.04. The van der Waals surface area contributed by atoms with Crippen LogP contribution in [0.15, 0.2) is 0 Å². The Labute approximate surface area is 104 Å². The topological polar surface area (TPSA) is 57.2 Å². The second-order valence-electron chi connectivity index (χ2n) is 4.03. The molecule has 0 aliphatic heterocycles. The van der Waals surface area contributed by atoms with Crippen LogP contribution in [-0.2, 0) is 18.9 Å².